The smallest absolute Gasteiger partial charge is 0.228 e. The van der Waals surface area contributed by atoms with E-state index >= 15 is 0 Å². The van der Waals surface area contributed by atoms with E-state index in [1.807, 2.05) is 0 Å². The van der Waals surface area contributed by atoms with E-state index in [9.17, 15) is 9.18 Å². The number of halogens is 3. The summed E-state index contributed by atoms with van der Waals surface area (Å²) in [5.74, 6) is -0.570. The van der Waals surface area contributed by atoms with Gasteiger partial charge in [0.15, 0.2) is 0 Å². The van der Waals surface area contributed by atoms with Crippen molar-refractivity contribution in [1.29, 1.82) is 0 Å². The second kappa shape index (κ2) is 5.30. The van der Waals surface area contributed by atoms with Crippen molar-refractivity contribution in [2.45, 2.75) is 12.5 Å². The van der Waals surface area contributed by atoms with Crippen molar-refractivity contribution in [3.63, 3.8) is 0 Å². The molecule has 6 heteroatoms. The number of rotatable bonds is 2. The van der Waals surface area contributed by atoms with Crippen molar-refractivity contribution >= 4 is 34.8 Å². The quantitative estimate of drug-likeness (QED) is 0.885. The number of carbonyl (C=O) groups excluding carboxylic acids is 1. The first-order valence-corrected chi connectivity index (χ1v) is 7.04. The van der Waals surface area contributed by atoms with Gasteiger partial charge in [0.1, 0.15) is 5.82 Å². The molecule has 1 atom stereocenters. The molecule has 0 radical (unpaired) electrons. The zero-order valence-electron chi connectivity index (χ0n) is 10.8. The number of fused-ring (bicyclic) bond motifs is 1. The highest BCUT2D eigenvalue weighted by molar-refractivity contribution is 6.32. The number of nitrogens with one attached hydrogen (secondary N) is 1. The summed E-state index contributed by atoms with van der Waals surface area (Å²) in [7, 11) is 0. The molecule has 1 heterocycles. The Kier molecular flexibility index (Phi) is 3.61. The minimum atomic E-state index is -0.545. The molecule has 0 saturated heterocycles. The van der Waals surface area contributed by atoms with E-state index in [1.165, 1.54) is 12.1 Å². The third kappa shape index (κ3) is 2.62. The fourth-order valence-corrected chi connectivity index (χ4v) is 2.86. The van der Waals surface area contributed by atoms with Crippen LogP contribution in [0.4, 0.5) is 10.1 Å². The maximum absolute atomic E-state index is 13.2. The van der Waals surface area contributed by atoms with Gasteiger partial charge >= 0.3 is 0 Å². The lowest BCUT2D eigenvalue weighted by Gasteiger charge is -2.16. The van der Waals surface area contributed by atoms with E-state index in [4.69, 9.17) is 28.9 Å². The molecule has 3 nitrogen and oxygen atoms in total. The Bertz CT molecular complexity index is 749. The molecule has 3 N–H and O–H groups in total. The van der Waals surface area contributed by atoms with Crippen molar-refractivity contribution < 1.29 is 9.18 Å². The Morgan fingerprint density at radius 3 is 2.67 bits per heavy atom. The molecule has 1 unspecified atom stereocenters. The molecule has 0 aromatic heterocycles. The second-order valence-electron chi connectivity index (χ2n) is 4.91. The number of benzene rings is 2. The van der Waals surface area contributed by atoms with Gasteiger partial charge in [0, 0.05) is 10.7 Å². The van der Waals surface area contributed by atoms with Crippen LogP contribution in [0.2, 0.25) is 10.0 Å². The highest BCUT2D eigenvalue weighted by Gasteiger charge is 2.22. The van der Waals surface area contributed by atoms with E-state index in [0.29, 0.717) is 28.3 Å². The molecule has 1 aliphatic rings. The van der Waals surface area contributed by atoms with Gasteiger partial charge in [0.2, 0.25) is 5.91 Å². The zero-order chi connectivity index (χ0) is 15.1. The lowest BCUT2D eigenvalue weighted by Crippen LogP contribution is -2.13. The molecular formula is C15H11Cl2FN2O. The summed E-state index contributed by atoms with van der Waals surface area (Å²) >= 11 is 12.0. The van der Waals surface area contributed by atoms with Crippen LogP contribution in [-0.4, -0.2) is 5.91 Å². The van der Waals surface area contributed by atoms with Crippen LogP contribution in [0.1, 0.15) is 22.7 Å². The summed E-state index contributed by atoms with van der Waals surface area (Å²) < 4.78 is 13.2. The third-order valence-corrected chi connectivity index (χ3v) is 4.10. The minimum Gasteiger partial charge on any atom is -0.325 e. The molecule has 21 heavy (non-hydrogen) atoms. The summed E-state index contributed by atoms with van der Waals surface area (Å²) in [5, 5.41) is 3.19. The molecule has 0 fully saturated rings. The Labute approximate surface area is 130 Å². The standard InChI is InChI=1S/C15H11Cl2FN2O/c16-10-6-13-8(5-14(21)20-13)3-9(10)15(19)7-1-2-12(18)11(17)4-7/h1-4,6,15H,5,19H2,(H,20,21). The molecule has 108 valence electrons. The molecule has 0 spiro atoms. The summed E-state index contributed by atoms with van der Waals surface area (Å²) in [5.41, 5.74) is 9.08. The van der Waals surface area contributed by atoms with Crippen molar-refractivity contribution in [3.05, 3.63) is 62.9 Å². The highest BCUT2D eigenvalue weighted by atomic mass is 35.5. The molecule has 1 aliphatic heterocycles. The summed E-state index contributed by atoms with van der Waals surface area (Å²) in [6.07, 6.45) is 0.302. The van der Waals surface area contributed by atoms with Gasteiger partial charge in [-0.25, -0.2) is 4.39 Å². The number of hydrogen-bond donors (Lipinski definition) is 2. The molecule has 0 aliphatic carbocycles. The van der Waals surface area contributed by atoms with Crippen LogP contribution in [0.3, 0.4) is 0 Å². The number of nitrogens with two attached hydrogens (primary N) is 1. The molecule has 1 amide bonds. The predicted octanol–water partition coefficient (Wildman–Crippen LogP) is 3.68. The van der Waals surface area contributed by atoms with E-state index < -0.39 is 11.9 Å². The van der Waals surface area contributed by atoms with E-state index in [2.05, 4.69) is 5.32 Å². The SMILES string of the molecule is NC(c1ccc(F)c(Cl)c1)c1cc2c(cc1Cl)NC(=O)C2. The first kappa shape index (κ1) is 14.3. The van der Waals surface area contributed by atoms with E-state index in [0.717, 1.165) is 5.56 Å². The van der Waals surface area contributed by atoms with Gasteiger partial charge in [-0.1, -0.05) is 29.3 Å². The fraction of sp³-hybridized carbons (Fsp3) is 0.133. The Morgan fingerprint density at radius 1 is 1.19 bits per heavy atom. The fourth-order valence-electron chi connectivity index (χ4n) is 2.39. The average Bonchev–Trinajstić information content (AvgIpc) is 2.79. The molecule has 0 saturated carbocycles. The van der Waals surface area contributed by atoms with E-state index in [1.54, 1.807) is 18.2 Å². The summed E-state index contributed by atoms with van der Waals surface area (Å²) in [6, 6.07) is 7.26. The molecule has 2 aromatic rings. The van der Waals surface area contributed by atoms with Crippen molar-refractivity contribution in [1.82, 2.24) is 0 Å². The van der Waals surface area contributed by atoms with Crippen LogP contribution in [0.25, 0.3) is 0 Å². The molecular weight excluding hydrogens is 314 g/mol. The van der Waals surface area contributed by atoms with Gasteiger partial charge in [-0.2, -0.15) is 0 Å². The lowest BCUT2D eigenvalue weighted by molar-refractivity contribution is -0.115. The second-order valence-corrected chi connectivity index (χ2v) is 5.72. The summed E-state index contributed by atoms with van der Waals surface area (Å²) in [6.45, 7) is 0. The number of amides is 1. The average molecular weight is 325 g/mol. The van der Waals surface area contributed by atoms with Crippen molar-refractivity contribution in [2.24, 2.45) is 5.73 Å². The topological polar surface area (TPSA) is 55.1 Å². The van der Waals surface area contributed by atoms with Crippen LogP contribution in [0.5, 0.6) is 0 Å². The molecule has 0 bridgehead atoms. The van der Waals surface area contributed by atoms with Gasteiger partial charge in [-0.3, -0.25) is 4.79 Å². The number of carbonyl (C=O) groups is 1. The summed E-state index contributed by atoms with van der Waals surface area (Å²) in [4.78, 5) is 11.4. The number of hydrogen-bond acceptors (Lipinski definition) is 2. The Morgan fingerprint density at radius 2 is 1.95 bits per heavy atom. The minimum absolute atomic E-state index is 0.0112. The van der Waals surface area contributed by atoms with Gasteiger partial charge < -0.3 is 11.1 Å². The molecule has 3 rings (SSSR count). The zero-order valence-corrected chi connectivity index (χ0v) is 12.3. The largest absolute Gasteiger partial charge is 0.325 e. The first-order valence-electron chi connectivity index (χ1n) is 6.28. The Hall–Kier alpha value is -1.62. The maximum Gasteiger partial charge on any atom is 0.228 e. The maximum atomic E-state index is 13.2. The highest BCUT2D eigenvalue weighted by Crippen LogP contribution is 2.35. The van der Waals surface area contributed by atoms with Crippen LogP contribution in [-0.2, 0) is 11.2 Å². The van der Waals surface area contributed by atoms with Crippen LogP contribution >= 0.6 is 23.2 Å². The lowest BCUT2D eigenvalue weighted by atomic mass is 9.97. The van der Waals surface area contributed by atoms with Crippen molar-refractivity contribution in [3.8, 4) is 0 Å². The third-order valence-electron chi connectivity index (χ3n) is 3.49. The first-order chi connectivity index (χ1) is 9.95. The Balaban J connectivity index is 2.02. The predicted molar refractivity (Wildman–Crippen MR) is 81.2 cm³/mol. The number of anilines is 1. The van der Waals surface area contributed by atoms with Crippen LogP contribution in [0.15, 0.2) is 30.3 Å². The monoisotopic (exact) mass is 324 g/mol. The van der Waals surface area contributed by atoms with Crippen molar-refractivity contribution in [2.75, 3.05) is 5.32 Å². The van der Waals surface area contributed by atoms with Gasteiger partial charge in [-0.15, -0.1) is 0 Å². The normalized spacial score (nSPS) is 14.8. The van der Waals surface area contributed by atoms with Gasteiger partial charge in [0.25, 0.3) is 0 Å². The van der Waals surface area contributed by atoms with Crippen LogP contribution in [0, 0.1) is 5.82 Å². The van der Waals surface area contributed by atoms with E-state index in [-0.39, 0.29) is 10.9 Å². The molecule has 2 aromatic carbocycles. The van der Waals surface area contributed by atoms with Crippen LogP contribution < -0.4 is 11.1 Å². The van der Waals surface area contributed by atoms with Gasteiger partial charge in [-0.05, 0) is 41.0 Å². The van der Waals surface area contributed by atoms with Gasteiger partial charge in [0.05, 0.1) is 17.5 Å².